The zero-order valence-electron chi connectivity index (χ0n) is 14.5. The van der Waals surface area contributed by atoms with E-state index < -0.39 is 7.82 Å². The van der Waals surface area contributed by atoms with E-state index in [1.54, 1.807) is 6.92 Å². The van der Waals surface area contributed by atoms with E-state index >= 15 is 0 Å². The van der Waals surface area contributed by atoms with Crippen LogP contribution >= 0.6 is 7.82 Å². The quantitative estimate of drug-likeness (QED) is 0.273. The van der Waals surface area contributed by atoms with Crippen LogP contribution in [0.15, 0.2) is 0 Å². The van der Waals surface area contributed by atoms with Crippen molar-refractivity contribution >= 4 is 7.82 Å². The first kappa shape index (κ1) is 22.9. The number of rotatable bonds is 18. The first-order chi connectivity index (χ1) is 11.2. The zero-order chi connectivity index (χ0) is 17.2. The summed E-state index contributed by atoms with van der Waals surface area (Å²) in [7, 11) is -3.56. The summed E-state index contributed by atoms with van der Waals surface area (Å²) in [5.74, 6) is 0. The second-order valence-corrected chi connectivity index (χ2v) is 5.82. The minimum absolute atomic E-state index is 0.120. The van der Waals surface area contributed by atoms with Gasteiger partial charge in [-0.15, -0.1) is 0 Å². The Morgan fingerprint density at radius 2 is 0.913 bits per heavy atom. The molecule has 0 radical (unpaired) electrons. The third-order valence-electron chi connectivity index (χ3n) is 2.39. The highest BCUT2D eigenvalue weighted by atomic mass is 31.2. The molecule has 0 rings (SSSR count). The van der Waals surface area contributed by atoms with Gasteiger partial charge in [0.1, 0.15) is 0 Å². The van der Waals surface area contributed by atoms with Crippen LogP contribution in [0.1, 0.15) is 20.8 Å². The maximum absolute atomic E-state index is 12.3. The van der Waals surface area contributed by atoms with E-state index in [1.807, 2.05) is 13.8 Å². The molecule has 0 fully saturated rings. The average molecular weight is 358 g/mol. The Balaban J connectivity index is 3.72. The Morgan fingerprint density at radius 1 is 0.522 bits per heavy atom. The van der Waals surface area contributed by atoms with E-state index in [0.717, 1.165) is 0 Å². The molecule has 140 valence electrons. The summed E-state index contributed by atoms with van der Waals surface area (Å²) in [6.45, 7) is 9.88. The van der Waals surface area contributed by atoms with Crippen molar-refractivity contribution in [3.05, 3.63) is 0 Å². The van der Waals surface area contributed by atoms with Crippen molar-refractivity contribution in [3.63, 3.8) is 0 Å². The van der Waals surface area contributed by atoms with Crippen LogP contribution in [-0.2, 0) is 37.1 Å². The fourth-order valence-electron chi connectivity index (χ4n) is 1.41. The van der Waals surface area contributed by atoms with Crippen LogP contribution in [0.25, 0.3) is 0 Å². The predicted molar refractivity (Wildman–Crippen MR) is 85.8 cm³/mol. The van der Waals surface area contributed by atoms with Crippen LogP contribution in [0.4, 0.5) is 0 Å². The first-order valence-electron chi connectivity index (χ1n) is 8.03. The van der Waals surface area contributed by atoms with Crippen LogP contribution in [0.5, 0.6) is 0 Å². The Morgan fingerprint density at radius 3 is 1.30 bits per heavy atom. The second-order valence-electron chi connectivity index (χ2n) is 4.15. The van der Waals surface area contributed by atoms with Crippen molar-refractivity contribution in [1.82, 2.24) is 0 Å². The summed E-state index contributed by atoms with van der Waals surface area (Å²) in [6.07, 6.45) is 0. The van der Waals surface area contributed by atoms with Gasteiger partial charge in [-0.05, 0) is 20.8 Å². The van der Waals surface area contributed by atoms with Gasteiger partial charge in [0.2, 0.25) is 0 Å². The molecular weight excluding hydrogens is 327 g/mol. The molecule has 0 aromatic carbocycles. The molecule has 0 bridgehead atoms. The molecule has 0 saturated carbocycles. The second kappa shape index (κ2) is 16.8. The number of ether oxygens (including phenoxy) is 4. The lowest BCUT2D eigenvalue weighted by Gasteiger charge is -2.17. The Labute approximate surface area is 139 Å². The van der Waals surface area contributed by atoms with Gasteiger partial charge in [0, 0.05) is 13.2 Å². The zero-order valence-corrected chi connectivity index (χ0v) is 15.4. The summed E-state index contributed by atoms with van der Waals surface area (Å²) in [6, 6.07) is 0. The fourth-order valence-corrected chi connectivity index (χ4v) is 2.55. The Kier molecular flexibility index (Phi) is 16.8. The van der Waals surface area contributed by atoms with Gasteiger partial charge >= 0.3 is 7.82 Å². The van der Waals surface area contributed by atoms with E-state index in [9.17, 15) is 4.57 Å². The lowest BCUT2D eigenvalue weighted by molar-refractivity contribution is 0.0186. The molecule has 23 heavy (non-hydrogen) atoms. The van der Waals surface area contributed by atoms with E-state index in [1.165, 1.54) is 0 Å². The number of phosphoric ester groups is 1. The molecular formula is C14H31O8P. The molecule has 0 unspecified atom stereocenters. The third-order valence-corrected chi connectivity index (χ3v) is 3.97. The molecule has 0 aromatic rings. The smallest absolute Gasteiger partial charge is 0.379 e. The molecule has 9 heteroatoms. The molecule has 0 aliphatic rings. The summed E-state index contributed by atoms with van der Waals surface area (Å²) >= 11 is 0. The summed E-state index contributed by atoms with van der Waals surface area (Å²) < 4.78 is 48.5. The SMILES string of the molecule is CCOCCOCCOP(=O)(OCC)OCCOCCOCC. The minimum Gasteiger partial charge on any atom is -0.379 e. The van der Waals surface area contributed by atoms with Gasteiger partial charge in [-0.25, -0.2) is 4.57 Å². The fraction of sp³-hybridized carbons (Fsp3) is 1.00. The summed E-state index contributed by atoms with van der Waals surface area (Å²) in [5, 5.41) is 0. The molecule has 0 saturated heterocycles. The number of phosphoric acid groups is 1. The highest BCUT2D eigenvalue weighted by Gasteiger charge is 2.25. The monoisotopic (exact) mass is 358 g/mol. The highest BCUT2D eigenvalue weighted by Crippen LogP contribution is 2.48. The first-order valence-corrected chi connectivity index (χ1v) is 9.49. The van der Waals surface area contributed by atoms with Gasteiger partial charge in [0.05, 0.1) is 59.5 Å². The van der Waals surface area contributed by atoms with Crippen molar-refractivity contribution < 1.29 is 37.1 Å². The van der Waals surface area contributed by atoms with Crippen molar-refractivity contribution in [1.29, 1.82) is 0 Å². The van der Waals surface area contributed by atoms with Gasteiger partial charge in [-0.2, -0.15) is 0 Å². The van der Waals surface area contributed by atoms with Gasteiger partial charge in [-0.1, -0.05) is 0 Å². The predicted octanol–water partition coefficient (Wildman–Crippen LogP) is 2.27. The van der Waals surface area contributed by atoms with E-state index in [-0.39, 0.29) is 19.8 Å². The lowest BCUT2D eigenvalue weighted by Crippen LogP contribution is -2.12. The maximum Gasteiger partial charge on any atom is 0.474 e. The standard InChI is InChI=1S/C14H31O8P/c1-4-16-7-9-18-11-13-21-23(15,20-6-3)22-14-12-19-10-8-17-5-2/h4-14H2,1-3H3. The van der Waals surface area contributed by atoms with Crippen LogP contribution in [0.2, 0.25) is 0 Å². The largest absolute Gasteiger partial charge is 0.474 e. The maximum atomic E-state index is 12.3. The van der Waals surface area contributed by atoms with Gasteiger partial charge < -0.3 is 18.9 Å². The van der Waals surface area contributed by atoms with Crippen LogP contribution in [0.3, 0.4) is 0 Å². The molecule has 0 amide bonds. The Bertz CT molecular complexity index is 268. The van der Waals surface area contributed by atoms with E-state index in [0.29, 0.717) is 52.9 Å². The molecule has 0 spiro atoms. The Hall–Kier alpha value is -0.0500. The van der Waals surface area contributed by atoms with Gasteiger partial charge in [-0.3, -0.25) is 13.6 Å². The highest BCUT2D eigenvalue weighted by molar-refractivity contribution is 7.48. The van der Waals surface area contributed by atoms with Crippen molar-refractivity contribution in [2.75, 3.05) is 72.7 Å². The van der Waals surface area contributed by atoms with Crippen molar-refractivity contribution in [2.24, 2.45) is 0 Å². The molecule has 0 heterocycles. The van der Waals surface area contributed by atoms with Crippen LogP contribution in [-0.4, -0.2) is 72.7 Å². The minimum atomic E-state index is -3.56. The molecule has 0 atom stereocenters. The number of hydrogen-bond donors (Lipinski definition) is 0. The van der Waals surface area contributed by atoms with Gasteiger partial charge in [0.15, 0.2) is 0 Å². The summed E-state index contributed by atoms with van der Waals surface area (Å²) in [4.78, 5) is 0. The molecule has 0 aliphatic heterocycles. The molecule has 0 aliphatic carbocycles. The number of hydrogen-bond acceptors (Lipinski definition) is 8. The molecule has 8 nitrogen and oxygen atoms in total. The van der Waals surface area contributed by atoms with Crippen molar-refractivity contribution in [2.45, 2.75) is 20.8 Å². The van der Waals surface area contributed by atoms with E-state index in [2.05, 4.69) is 0 Å². The average Bonchev–Trinajstić information content (AvgIpc) is 2.53. The van der Waals surface area contributed by atoms with E-state index in [4.69, 9.17) is 32.5 Å². The molecule has 0 aromatic heterocycles. The van der Waals surface area contributed by atoms with Crippen LogP contribution < -0.4 is 0 Å². The van der Waals surface area contributed by atoms with Crippen LogP contribution in [0, 0.1) is 0 Å². The topological polar surface area (TPSA) is 81.7 Å². The van der Waals surface area contributed by atoms with Crippen molar-refractivity contribution in [3.8, 4) is 0 Å². The van der Waals surface area contributed by atoms with Gasteiger partial charge in [0.25, 0.3) is 0 Å². The molecule has 0 N–H and O–H groups in total. The lowest BCUT2D eigenvalue weighted by atomic mass is 10.7. The third kappa shape index (κ3) is 15.2. The summed E-state index contributed by atoms with van der Waals surface area (Å²) in [5.41, 5.74) is 0. The normalized spacial score (nSPS) is 12.0.